The predicted octanol–water partition coefficient (Wildman–Crippen LogP) is 4.40. The summed E-state index contributed by atoms with van der Waals surface area (Å²) in [6.07, 6.45) is 0. The highest BCUT2D eigenvalue weighted by Gasteiger charge is 2.11. The summed E-state index contributed by atoms with van der Waals surface area (Å²) < 4.78 is 4.75. The van der Waals surface area contributed by atoms with E-state index in [1.165, 1.54) is 19.2 Å². The molecule has 0 saturated carbocycles. The van der Waals surface area contributed by atoms with Crippen molar-refractivity contribution in [1.82, 2.24) is 4.98 Å². The number of methoxy groups -OCH3 is 1. The number of rotatable bonds is 4. The van der Waals surface area contributed by atoms with Crippen molar-refractivity contribution in [3.8, 4) is 0 Å². The molecule has 0 atom stereocenters. The van der Waals surface area contributed by atoms with Crippen molar-refractivity contribution in [3.05, 3.63) is 69.9 Å². The third kappa shape index (κ3) is 3.89. The summed E-state index contributed by atoms with van der Waals surface area (Å²) in [5, 5.41) is 14.8. The number of carbonyl (C=O) groups excluding carboxylic acids is 1. The van der Waals surface area contributed by atoms with Crippen LogP contribution in [0.1, 0.15) is 16.1 Å². The Morgan fingerprint density at radius 3 is 2.65 bits per heavy atom. The first-order valence-corrected chi connectivity index (χ1v) is 7.49. The number of nitrogens with zero attached hydrogens (tertiary/aromatic N) is 2. The van der Waals surface area contributed by atoms with E-state index in [1.54, 1.807) is 30.3 Å². The number of carbonyl (C=O) groups is 1. The maximum absolute atomic E-state index is 11.8. The van der Waals surface area contributed by atoms with Crippen LogP contribution in [-0.4, -0.2) is 23.0 Å². The van der Waals surface area contributed by atoms with E-state index in [9.17, 15) is 14.9 Å². The van der Waals surface area contributed by atoms with Gasteiger partial charge in [0.1, 0.15) is 0 Å². The van der Waals surface area contributed by atoms with Gasteiger partial charge in [-0.2, -0.15) is 0 Å². The van der Waals surface area contributed by atoms with Crippen LogP contribution in [-0.2, 0) is 4.74 Å². The lowest BCUT2D eigenvalue weighted by molar-refractivity contribution is -0.384. The number of aromatic nitrogens is 1. The van der Waals surface area contributed by atoms with Crippen LogP contribution in [0.15, 0.2) is 48.5 Å². The molecular formula is C18H16ClN3O4. The van der Waals surface area contributed by atoms with Gasteiger partial charge in [-0.3, -0.25) is 15.1 Å². The number of hydrogen-bond donors (Lipinski definition) is 1. The van der Waals surface area contributed by atoms with E-state index in [1.807, 2.05) is 13.0 Å². The van der Waals surface area contributed by atoms with Gasteiger partial charge >= 0.3 is 5.97 Å². The number of halogens is 1. The number of fused-ring (bicyclic) bond motifs is 1. The van der Waals surface area contributed by atoms with Crippen LogP contribution >= 0.6 is 12.4 Å². The average Bonchev–Trinajstić information content (AvgIpc) is 2.60. The molecule has 0 bridgehead atoms. The Morgan fingerprint density at radius 2 is 1.96 bits per heavy atom. The minimum atomic E-state index is -0.448. The Kier molecular flexibility index (Phi) is 5.74. The molecule has 134 valence electrons. The number of hydrogen-bond acceptors (Lipinski definition) is 6. The normalized spacial score (nSPS) is 10.1. The molecule has 0 aliphatic carbocycles. The van der Waals surface area contributed by atoms with Gasteiger partial charge in [0.25, 0.3) is 5.69 Å². The van der Waals surface area contributed by atoms with Crippen LogP contribution in [0.2, 0.25) is 0 Å². The van der Waals surface area contributed by atoms with Crippen molar-refractivity contribution in [1.29, 1.82) is 0 Å². The number of esters is 1. The molecule has 0 aliphatic rings. The van der Waals surface area contributed by atoms with Gasteiger partial charge in [-0.15, -0.1) is 12.4 Å². The number of nitrogens with one attached hydrogen (secondary N) is 1. The van der Waals surface area contributed by atoms with E-state index < -0.39 is 10.9 Å². The lowest BCUT2D eigenvalue weighted by Crippen LogP contribution is -2.02. The predicted molar refractivity (Wildman–Crippen MR) is 101 cm³/mol. The molecule has 7 nitrogen and oxygen atoms in total. The highest BCUT2D eigenvalue weighted by molar-refractivity contribution is 5.99. The lowest BCUT2D eigenvalue weighted by Gasteiger charge is -2.12. The van der Waals surface area contributed by atoms with Crippen molar-refractivity contribution in [2.75, 3.05) is 12.4 Å². The minimum absolute atomic E-state index is 0. The highest BCUT2D eigenvalue weighted by Crippen LogP contribution is 2.29. The van der Waals surface area contributed by atoms with E-state index in [2.05, 4.69) is 10.3 Å². The van der Waals surface area contributed by atoms with Gasteiger partial charge in [0, 0.05) is 34.6 Å². The first kappa shape index (κ1) is 19.1. The number of non-ortho nitro benzene ring substituents is 1. The summed E-state index contributed by atoms with van der Waals surface area (Å²) in [6, 6.07) is 13.1. The van der Waals surface area contributed by atoms with Crippen molar-refractivity contribution < 1.29 is 14.5 Å². The fourth-order valence-corrected chi connectivity index (χ4v) is 2.56. The Morgan fingerprint density at radius 1 is 1.19 bits per heavy atom. The monoisotopic (exact) mass is 373 g/mol. The maximum atomic E-state index is 11.8. The molecule has 8 heteroatoms. The van der Waals surface area contributed by atoms with Crippen LogP contribution in [0.25, 0.3) is 10.9 Å². The zero-order chi connectivity index (χ0) is 18.0. The summed E-state index contributed by atoms with van der Waals surface area (Å²) in [6.45, 7) is 1.85. The van der Waals surface area contributed by atoms with Crippen LogP contribution < -0.4 is 5.32 Å². The molecule has 26 heavy (non-hydrogen) atoms. The van der Waals surface area contributed by atoms with E-state index in [-0.39, 0.29) is 18.1 Å². The summed E-state index contributed by atoms with van der Waals surface area (Å²) in [4.78, 5) is 26.7. The second kappa shape index (κ2) is 7.79. The molecule has 3 aromatic rings. The van der Waals surface area contributed by atoms with E-state index >= 15 is 0 Å². The summed E-state index contributed by atoms with van der Waals surface area (Å²) in [5.74, 6) is -0.441. The van der Waals surface area contributed by atoms with E-state index in [0.717, 1.165) is 11.1 Å². The van der Waals surface area contributed by atoms with Gasteiger partial charge < -0.3 is 10.1 Å². The van der Waals surface area contributed by atoms with Crippen molar-refractivity contribution in [3.63, 3.8) is 0 Å². The highest BCUT2D eigenvalue weighted by atomic mass is 35.5. The van der Waals surface area contributed by atoms with Crippen LogP contribution in [0.3, 0.4) is 0 Å². The number of nitro groups is 1. The summed E-state index contributed by atoms with van der Waals surface area (Å²) in [5.41, 5.74) is 3.17. The quantitative estimate of drug-likeness (QED) is 0.413. The third-order valence-corrected chi connectivity index (χ3v) is 3.69. The third-order valence-electron chi connectivity index (χ3n) is 3.69. The zero-order valence-electron chi connectivity index (χ0n) is 14.1. The number of ether oxygens (including phenoxy) is 1. The number of benzene rings is 2. The van der Waals surface area contributed by atoms with Gasteiger partial charge in [-0.25, -0.2) is 4.79 Å². The zero-order valence-corrected chi connectivity index (χ0v) is 14.9. The standard InChI is InChI=1S/C18H15N3O4.ClH/c1-11-8-17(20-13-4-3-5-14(10-13)21(23)24)15-9-12(18(22)25-2)6-7-16(15)19-11;/h3-10H,1-2H3,(H,19,20);1H. The molecule has 1 aromatic heterocycles. The number of pyridine rings is 1. The van der Waals surface area contributed by atoms with E-state index in [0.29, 0.717) is 22.5 Å². The number of nitro benzene ring substituents is 1. The number of anilines is 2. The molecule has 0 spiro atoms. The van der Waals surface area contributed by atoms with Gasteiger partial charge in [-0.1, -0.05) is 6.07 Å². The maximum Gasteiger partial charge on any atom is 0.337 e. The molecule has 0 aliphatic heterocycles. The Labute approximate surface area is 155 Å². The largest absolute Gasteiger partial charge is 0.465 e. The minimum Gasteiger partial charge on any atom is -0.465 e. The van der Waals surface area contributed by atoms with Crippen LogP contribution in [0.5, 0.6) is 0 Å². The first-order valence-electron chi connectivity index (χ1n) is 7.49. The summed E-state index contributed by atoms with van der Waals surface area (Å²) >= 11 is 0. The molecule has 3 rings (SSSR count). The Bertz CT molecular complexity index is 991. The van der Waals surface area contributed by atoms with Crippen LogP contribution in [0, 0.1) is 17.0 Å². The molecule has 0 radical (unpaired) electrons. The fourth-order valence-electron chi connectivity index (χ4n) is 2.56. The molecule has 1 N–H and O–H groups in total. The second-order valence-electron chi connectivity index (χ2n) is 5.47. The smallest absolute Gasteiger partial charge is 0.337 e. The molecule has 0 unspecified atom stereocenters. The lowest BCUT2D eigenvalue weighted by atomic mass is 10.1. The first-order chi connectivity index (χ1) is 12.0. The molecule has 0 saturated heterocycles. The fraction of sp³-hybridized carbons (Fsp3) is 0.111. The number of aryl methyl sites for hydroxylation is 1. The second-order valence-corrected chi connectivity index (χ2v) is 5.47. The average molecular weight is 374 g/mol. The van der Waals surface area contributed by atoms with Crippen molar-refractivity contribution in [2.24, 2.45) is 0 Å². The Hall–Kier alpha value is -3.19. The van der Waals surface area contributed by atoms with E-state index in [4.69, 9.17) is 4.74 Å². The molecule has 0 amide bonds. The van der Waals surface area contributed by atoms with Gasteiger partial charge in [-0.05, 0) is 37.3 Å². The van der Waals surface area contributed by atoms with Gasteiger partial charge in [0.15, 0.2) is 0 Å². The van der Waals surface area contributed by atoms with Gasteiger partial charge in [0.2, 0.25) is 0 Å². The SMILES string of the molecule is COC(=O)c1ccc2nc(C)cc(Nc3cccc([N+](=O)[O-])c3)c2c1.Cl. The summed E-state index contributed by atoms with van der Waals surface area (Å²) in [7, 11) is 1.32. The Balaban J connectivity index is 0.00000243. The molecule has 1 heterocycles. The molecular weight excluding hydrogens is 358 g/mol. The molecule has 0 fully saturated rings. The van der Waals surface area contributed by atoms with Crippen LogP contribution in [0.4, 0.5) is 17.1 Å². The van der Waals surface area contributed by atoms with Crippen molar-refractivity contribution >= 4 is 46.3 Å². The topological polar surface area (TPSA) is 94.4 Å². The van der Waals surface area contributed by atoms with Crippen molar-refractivity contribution in [2.45, 2.75) is 6.92 Å². The molecule has 2 aromatic carbocycles. The van der Waals surface area contributed by atoms with Gasteiger partial charge in [0.05, 0.1) is 23.1 Å².